The Kier molecular flexibility index (Phi) is 2.80. The number of carbonyl (C=O) groups excluding carboxylic acids is 1. The molecule has 1 aromatic carbocycles. The zero-order valence-electron chi connectivity index (χ0n) is 8.51. The molecule has 84 valence electrons. The van der Waals surface area contributed by atoms with Crippen molar-refractivity contribution in [2.75, 3.05) is 0 Å². The summed E-state index contributed by atoms with van der Waals surface area (Å²) >= 11 is 6.59. The average molecular weight is 302 g/mol. The van der Waals surface area contributed by atoms with Gasteiger partial charge in [-0.05, 0) is 0 Å². The molecule has 0 radical (unpaired) electrons. The van der Waals surface area contributed by atoms with E-state index < -0.39 is 0 Å². The van der Waals surface area contributed by atoms with Crippen LogP contribution in [0.15, 0.2) is 30.3 Å². The Labute approximate surface area is 105 Å². The van der Waals surface area contributed by atoms with Gasteiger partial charge < -0.3 is 0 Å². The molecule has 0 saturated carbocycles. The predicted octanol–water partition coefficient (Wildman–Crippen LogP) is 1.15. The van der Waals surface area contributed by atoms with Crippen LogP contribution in [-0.2, 0) is 9.53 Å². The maximum atomic E-state index is 11.4. The quantitative estimate of drug-likeness (QED) is 0.605. The van der Waals surface area contributed by atoms with E-state index in [1.807, 2.05) is 18.2 Å². The Morgan fingerprint density at radius 2 is 2.06 bits per heavy atom. The third kappa shape index (κ3) is 1.72. The van der Waals surface area contributed by atoms with Crippen molar-refractivity contribution in [1.82, 2.24) is 0 Å². The van der Waals surface area contributed by atoms with Gasteiger partial charge in [-0.3, -0.25) is 0 Å². The van der Waals surface area contributed by atoms with Gasteiger partial charge in [-0.1, -0.05) is 0 Å². The van der Waals surface area contributed by atoms with Crippen LogP contribution in [-0.4, -0.2) is 38.3 Å². The number of carbonyl (C=O) groups is 1. The zero-order chi connectivity index (χ0) is 11.1. The van der Waals surface area contributed by atoms with Crippen molar-refractivity contribution in [1.29, 1.82) is 0 Å². The molecule has 2 heterocycles. The van der Waals surface area contributed by atoms with Gasteiger partial charge in [0.25, 0.3) is 0 Å². The number of hydrogen-bond donors (Lipinski definition) is 0. The summed E-state index contributed by atoms with van der Waals surface area (Å²) in [6.07, 6.45) is 0.301. The number of alkyl halides is 1. The molecule has 2 saturated heterocycles. The molecule has 2 nitrogen and oxygen atoms in total. The van der Waals surface area contributed by atoms with Crippen LogP contribution >= 0.6 is 11.6 Å². The topological polar surface area (TPSA) is 26.3 Å². The first-order chi connectivity index (χ1) is 7.75. The monoisotopic (exact) mass is 302 g/mol. The molecule has 4 atom stereocenters. The van der Waals surface area contributed by atoms with Crippen LogP contribution < -0.4 is 4.46 Å². The molecule has 2 bridgehead atoms. The molecule has 0 aliphatic carbocycles. The van der Waals surface area contributed by atoms with Crippen LogP contribution in [0.25, 0.3) is 0 Å². The van der Waals surface area contributed by atoms with Crippen LogP contribution in [0, 0.1) is 0 Å². The molecule has 0 aromatic heterocycles. The Balaban J connectivity index is 1.76. The molecular formula is C12H11ClO2Se. The number of Topliss-reactive ketones (excluding diaryl/α,β-unsaturated/α-hetero) is 1. The Hall–Kier alpha value is -0.341. The van der Waals surface area contributed by atoms with E-state index in [4.69, 9.17) is 16.3 Å². The predicted molar refractivity (Wildman–Crippen MR) is 63.5 cm³/mol. The summed E-state index contributed by atoms with van der Waals surface area (Å²) < 4.78 is 6.94. The van der Waals surface area contributed by atoms with E-state index in [0.29, 0.717) is 26.2 Å². The Morgan fingerprint density at radius 1 is 1.31 bits per heavy atom. The van der Waals surface area contributed by atoms with Gasteiger partial charge >= 0.3 is 105 Å². The Morgan fingerprint density at radius 3 is 2.69 bits per heavy atom. The molecule has 2 aliphatic heterocycles. The molecule has 2 fully saturated rings. The van der Waals surface area contributed by atoms with Gasteiger partial charge in [-0.25, -0.2) is 0 Å². The average Bonchev–Trinajstić information content (AvgIpc) is 2.80. The van der Waals surface area contributed by atoms with Gasteiger partial charge in [0.2, 0.25) is 0 Å². The number of rotatable bonds is 2. The minimum absolute atomic E-state index is 0.0696. The molecule has 3 unspecified atom stereocenters. The van der Waals surface area contributed by atoms with Crippen LogP contribution in [0.4, 0.5) is 0 Å². The molecule has 4 heteroatoms. The summed E-state index contributed by atoms with van der Waals surface area (Å²) in [5, 5.41) is -0.119. The summed E-state index contributed by atoms with van der Waals surface area (Å²) in [6.45, 7) is 0. The standard InChI is InChI=1S/C12H11ClO2Se/c13-10-11-8(14)6-9(15-11)12(10)16-7-4-2-1-3-5-7/h1-5,9-12H,6H2/t9?,10-,11?,12?/m0/s1. The van der Waals surface area contributed by atoms with E-state index in [2.05, 4.69) is 12.1 Å². The Bertz CT molecular complexity index is 407. The fourth-order valence-electron chi connectivity index (χ4n) is 2.25. The van der Waals surface area contributed by atoms with E-state index in [1.165, 1.54) is 4.46 Å². The van der Waals surface area contributed by atoms with Gasteiger partial charge in [-0.2, -0.15) is 0 Å². The van der Waals surface area contributed by atoms with Crippen LogP contribution in [0.1, 0.15) is 6.42 Å². The number of benzene rings is 1. The third-order valence-electron chi connectivity index (χ3n) is 3.03. The molecule has 16 heavy (non-hydrogen) atoms. The van der Waals surface area contributed by atoms with E-state index in [1.54, 1.807) is 0 Å². The second kappa shape index (κ2) is 4.15. The second-order valence-corrected chi connectivity index (χ2v) is 7.24. The van der Waals surface area contributed by atoms with Crippen molar-refractivity contribution in [3.05, 3.63) is 30.3 Å². The molecule has 0 N–H and O–H groups in total. The molecule has 2 aliphatic rings. The van der Waals surface area contributed by atoms with E-state index >= 15 is 0 Å². The number of halogens is 1. The molecule has 3 rings (SSSR count). The number of ether oxygens (including phenoxy) is 1. The van der Waals surface area contributed by atoms with E-state index in [-0.39, 0.29) is 23.4 Å². The van der Waals surface area contributed by atoms with Gasteiger partial charge in [0.15, 0.2) is 0 Å². The second-order valence-electron chi connectivity index (χ2n) is 4.11. The van der Waals surface area contributed by atoms with Crippen LogP contribution in [0.3, 0.4) is 0 Å². The van der Waals surface area contributed by atoms with Crippen molar-refractivity contribution in [2.24, 2.45) is 0 Å². The fourth-order valence-corrected chi connectivity index (χ4v) is 5.42. The van der Waals surface area contributed by atoms with Gasteiger partial charge in [0, 0.05) is 0 Å². The van der Waals surface area contributed by atoms with E-state index in [0.717, 1.165) is 0 Å². The maximum absolute atomic E-state index is 11.4. The van der Waals surface area contributed by atoms with Crippen molar-refractivity contribution in [2.45, 2.75) is 28.8 Å². The fraction of sp³-hybridized carbons (Fsp3) is 0.417. The first kappa shape index (κ1) is 10.8. The van der Waals surface area contributed by atoms with Crippen molar-refractivity contribution in [3.8, 4) is 0 Å². The minimum atomic E-state index is -0.331. The normalized spacial score (nSPS) is 36.9. The van der Waals surface area contributed by atoms with Gasteiger partial charge in [0.1, 0.15) is 0 Å². The van der Waals surface area contributed by atoms with Crippen molar-refractivity contribution < 1.29 is 9.53 Å². The number of ketones is 1. The molecular weight excluding hydrogens is 291 g/mol. The van der Waals surface area contributed by atoms with Crippen molar-refractivity contribution >= 4 is 36.8 Å². The first-order valence-electron chi connectivity index (χ1n) is 5.29. The zero-order valence-corrected chi connectivity index (χ0v) is 11.0. The summed E-state index contributed by atoms with van der Waals surface area (Å²) in [6, 6.07) is 10.3. The van der Waals surface area contributed by atoms with E-state index in [9.17, 15) is 4.79 Å². The number of hydrogen-bond acceptors (Lipinski definition) is 2. The molecule has 1 aromatic rings. The summed E-state index contributed by atoms with van der Waals surface area (Å²) in [5.41, 5.74) is 0. The van der Waals surface area contributed by atoms with Gasteiger partial charge in [-0.15, -0.1) is 0 Å². The third-order valence-corrected chi connectivity index (χ3v) is 6.83. The number of fused-ring (bicyclic) bond motifs is 2. The SMILES string of the molecule is O=C1CC2OC1[C@H](Cl)C2[Se]c1ccccc1. The summed E-state index contributed by atoms with van der Waals surface area (Å²) in [7, 11) is 0. The van der Waals surface area contributed by atoms with Gasteiger partial charge in [0.05, 0.1) is 0 Å². The van der Waals surface area contributed by atoms with Crippen molar-refractivity contribution in [3.63, 3.8) is 0 Å². The summed E-state index contributed by atoms with van der Waals surface area (Å²) in [4.78, 5) is 11.8. The molecule has 0 spiro atoms. The van der Waals surface area contributed by atoms with Crippen LogP contribution in [0.5, 0.6) is 0 Å². The summed E-state index contributed by atoms with van der Waals surface area (Å²) in [5.74, 6) is 0.185. The first-order valence-corrected chi connectivity index (χ1v) is 7.58. The van der Waals surface area contributed by atoms with Crippen LogP contribution in [0.2, 0.25) is 4.82 Å². The molecule has 0 amide bonds.